The Balaban J connectivity index is 1.77. The van der Waals surface area contributed by atoms with Crippen LogP contribution in [0, 0.1) is 0 Å². The van der Waals surface area contributed by atoms with E-state index < -0.39 is 10.0 Å². The molecule has 4 nitrogen and oxygen atoms in total. The van der Waals surface area contributed by atoms with Crippen LogP contribution in [0.2, 0.25) is 4.34 Å². The minimum atomic E-state index is -3.54. The van der Waals surface area contributed by atoms with Gasteiger partial charge in [0.15, 0.2) is 0 Å². The van der Waals surface area contributed by atoms with Gasteiger partial charge in [0.25, 0.3) is 0 Å². The molecular weight excluding hydrogens is 388 g/mol. The summed E-state index contributed by atoms with van der Waals surface area (Å²) in [6, 6.07) is 13.4. The van der Waals surface area contributed by atoms with E-state index >= 15 is 0 Å². The summed E-state index contributed by atoms with van der Waals surface area (Å²) in [6.07, 6.45) is 6.12. The van der Waals surface area contributed by atoms with Crippen LogP contribution in [0.25, 0.3) is 0 Å². The van der Waals surface area contributed by atoms with E-state index in [4.69, 9.17) is 11.6 Å². The van der Waals surface area contributed by atoms with E-state index in [1.165, 1.54) is 19.3 Å². The second kappa shape index (κ2) is 9.33. The van der Waals surface area contributed by atoms with Crippen molar-refractivity contribution in [2.75, 3.05) is 19.6 Å². The fourth-order valence-corrected chi connectivity index (χ4v) is 5.98. The van der Waals surface area contributed by atoms with Crippen LogP contribution in [0.3, 0.4) is 0 Å². The average molecular weight is 413 g/mol. The van der Waals surface area contributed by atoms with Gasteiger partial charge >= 0.3 is 0 Å². The van der Waals surface area contributed by atoms with Gasteiger partial charge in [0, 0.05) is 12.6 Å². The summed E-state index contributed by atoms with van der Waals surface area (Å²) in [6.45, 7) is 2.38. The topological polar surface area (TPSA) is 49.4 Å². The number of halogens is 1. The number of likely N-dealkylation sites (tertiary alicyclic amines) is 1. The monoisotopic (exact) mass is 412 g/mol. The first-order chi connectivity index (χ1) is 12.6. The molecule has 0 radical (unpaired) electrons. The molecule has 0 bridgehead atoms. The molecule has 142 valence electrons. The maximum atomic E-state index is 12.6. The van der Waals surface area contributed by atoms with Gasteiger partial charge in [0.05, 0.1) is 4.34 Å². The van der Waals surface area contributed by atoms with Gasteiger partial charge < -0.3 is 0 Å². The fraction of sp³-hybridized carbons (Fsp3) is 0.474. The largest absolute Gasteiger partial charge is 0.295 e. The van der Waals surface area contributed by atoms with Crippen molar-refractivity contribution in [1.29, 1.82) is 0 Å². The van der Waals surface area contributed by atoms with Crippen LogP contribution in [-0.4, -0.2) is 33.0 Å². The second-order valence-electron chi connectivity index (χ2n) is 6.64. The van der Waals surface area contributed by atoms with Crippen molar-refractivity contribution in [2.45, 2.75) is 42.4 Å². The highest BCUT2D eigenvalue weighted by molar-refractivity contribution is 7.91. The molecule has 3 rings (SSSR count). The molecule has 1 atom stereocenters. The predicted octanol–water partition coefficient (Wildman–Crippen LogP) is 4.69. The van der Waals surface area contributed by atoms with Crippen LogP contribution in [0.5, 0.6) is 0 Å². The molecule has 7 heteroatoms. The molecule has 1 aromatic carbocycles. The average Bonchev–Trinajstić information content (AvgIpc) is 3.05. The summed E-state index contributed by atoms with van der Waals surface area (Å²) in [5.41, 5.74) is 1.15. The minimum absolute atomic E-state index is 0.0412. The maximum absolute atomic E-state index is 12.6. The number of hydrogen-bond donors (Lipinski definition) is 1. The van der Waals surface area contributed by atoms with E-state index in [1.807, 2.05) is 18.2 Å². The summed E-state index contributed by atoms with van der Waals surface area (Å²) in [4.78, 5) is 2.43. The lowest BCUT2D eigenvalue weighted by atomic mass is 10.0. The maximum Gasteiger partial charge on any atom is 0.250 e. The smallest absolute Gasteiger partial charge is 0.250 e. The van der Waals surface area contributed by atoms with Gasteiger partial charge in [0.2, 0.25) is 10.0 Å². The lowest BCUT2D eigenvalue weighted by molar-refractivity contribution is 0.180. The molecule has 1 N–H and O–H groups in total. The highest BCUT2D eigenvalue weighted by Crippen LogP contribution is 2.27. The van der Waals surface area contributed by atoms with Crippen LogP contribution in [0.4, 0.5) is 0 Å². The Morgan fingerprint density at radius 3 is 2.27 bits per heavy atom. The number of sulfonamides is 1. The van der Waals surface area contributed by atoms with Crippen molar-refractivity contribution < 1.29 is 8.42 Å². The standard InChI is InChI=1S/C19H25ClN2O2S2/c20-18-11-12-19(25-18)26(23,24)21-15-17(16-9-5-4-6-10-16)22-13-7-2-1-3-8-14-22/h4-6,9-12,17,21H,1-3,7-8,13-15H2/t17-/m0/s1. The molecule has 0 saturated carbocycles. The third kappa shape index (κ3) is 5.30. The quantitative estimate of drug-likeness (QED) is 0.748. The molecule has 26 heavy (non-hydrogen) atoms. The van der Waals surface area contributed by atoms with Crippen molar-refractivity contribution in [3.63, 3.8) is 0 Å². The van der Waals surface area contributed by atoms with Gasteiger partial charge in [0.1, 0.15) is 4.21 Å². The van der Waals surface area contributed by atoms with Crippen LogP contribution < -0.4 is 4.72 Å². The zero-order valence-corrected chi connectivity index (χ0v) is 17.1. The molecule has 2 heterocycles. The molecule has 0 unspecified atom stereocenters. The molecule has 1 aromatic heterocycles. The van der Waals surface area contributed by atoms with Crippen molar-refractivity contribution in [3.05, 3.63) is 52.4 Å². The Hall–Kier alpha value is -0.920. The summed E-state index contributed by atoms with van der Waals surface area (Å²) >= 11 is 6.98. The molecule has 1 aliphatic heterocycles. The summed E-state index contributed by atoms with van der Waals surface area (Å²) < 4.78 is 28.8. The van der Waals surface area contributed by atoms with E-state index in [0.717, 1.165) is 42.8 Å². The number of benzene rings is 1. The normalized spacial score (nSPS) is 18.2. The molecular formula is C19H25ClN2O2S2. The summed E-state index contributed by atoms with van der Waals surface area (Å²) in [7, 11) is -3.54. The van der Waals surface area contributed by atoms with Gasteiger partial charge in [-0.25, -0.2) is 13.1 Å². The first kappa shape index (κ1) is 19.8. The third-order valence-electron chi connectivity index (χ3n) is 4.80. The van der Waals surface area contributed by atoms with Crippen LogP contribution in [0.15, 0.2) is 46.7 Å². The van der Waals surface area contributed by atoms with E-state index in [9.17, 15) is 8.42 Å². The molecule has 0 spiro atoms. The van der Waals surface area contributed by atoms with Crippen molar-refractivity contribution >= 4 is 33.0 Å². The summed E-state index contributed by atoms with van der Waals surface area (Å²) in [5.74, 6) is 0. The number of rotatable bonds is 6. The Morgan fingerprint density at radius 2 is 1.65 bits per heavy atom. The molecule has 1 saturated heterocycles. The Bertz CT molecular complexity index is 785. The highest BCUT2D eigenvalue weighted by atomic mass is 35.5. The fourth-order valence-electron chi connectivity index (χ4n) is 3.42. The van der Waals surface area contributed by atoms with Crippen LogP contribution >= 0.6 is 22.9 Å². The lowest BCUT2D eigenvalue weighted by Gasteiger charge is -2.33. The highest BCUT2D eigenvalue weighted by Gasteiger charge is 2.24. The molecule has 1 aliphatic rings. The Kier molecular flexibility index (Phi) is 7.12. The van der Waals surface area contributed by atoms with Gasteiger partial charge in [-0.3, -0.25) is 4.90 Å². The van der Waals surface area contributed by atoms with Gasteiger partial charge in [-0.15, -0.1) is 11.3 Å². The number of hydrogen-bond acceptors (Lipinski definition) is 4. The van der Waals surface area contributed by atoms with E-state index in [-0.39, 0.29) is 10.3 Å². The molecule has 1 fully saturated rings. The van der Waals surface area contributed by atoms with E-state index in [2.05, 4.69) is 21.8 Å². The summed E-state index contributed by atoms with van der Waals surface area (Å²) in [5, 5.41) is 0. The Morgan fingerprint density at radius 1 is 1.00 bits per heavy atom. The van der Waals surface area contributed by atoms with Gasteiger partial charge in [-0.1, -0.05) is 61.2 Å². The van der Waals surface area contributed by atoms with Crippen LogP contribution in [0.1, 0.15) is 43.7 Å². The van der Waals surface area contributed by atoms with Crippen molar-refractivity contribution in [1.82, 2.24) is 9.62 Å². The zero-order chi connectivity index (χ0) is 18.4. The van der Waals surface area contributed by atoms with Gasteiger partial charge in [-0.05, 0) is 43.6 Å². The number of nitrogens with zero attached hydrogens (tertiary/aromatic N) is 1. The van der Waals surface area contributed by atoms with Gasteiger partial charge in [-0.2, -0.15) is 0 Å². The number of nitrogens with one attached hydrogen (secondary N) is 1. The van der Waals surface area contributed by atoms with E-state index in [1.54, 1.807) is 12.1 Å². The van der Waals surface area contributed by atoms with E-state index in [0.29, 0.717) is 10.9 Å². The molecule has 0 aliphatic carbocycles. The minimum Gasteiger partial charge on any atom is -0.295 e. The number of thiophene rings is 1. The lowest BCUT2D eigenvalue weighted by Crippen LogP contribution is -2.39. The Labute approximate surface area is 165 Å². The third-order valence-corrected chi connectivity index (χ3v) is 7.94. The first-order valence-corrected chi connectivity index (χ1v) is 11.8. The SMILES string of the molecule is O=S(=O)(NC[C@@H](c1ccccc1)N1CCCCCCC1)c1ccc(Cl)s1. The predicted molar refractivity (Wildman–Crippen MR) is 108 cm³/mol. The van der Waals surface area contributed by atoms with Crippen molar-refractivity contribution in [3.8, 4) is 0 Å². The first-order valence-electron chi connectivity index (χ1n) is 9.10. The molecule has 0 amide bonds. The molecule has 2 aromatic rings. The van der Waals surface area contributed by atoms with Crippen LogP contribution in [-0.2, 0) is 10.0 Å². The second-order valence-corrected chi connectivity index (χ2v) is 10.3. The zero-order valence-electron chi connectivity index (χ0n) is 14.7. The van der Waals surface area contributed by atoms with Crippen molar-refractivity contribution in [2.24, 2.45) is 0 Å².